The van der Waals surface area contributed by atoms with Gasteiger partial charge in [-0.2, -0.15) is 0 Å². The van der Waals surface area contributed by atoms with Crippen molar-refractivity contribution in [3.05, 3.63) is 12.2 Å². The number of allylic oxidation sites excluding steroid dienone is 1. The number of hydrogen-bond acceptors (Lipinski definition) is 2. The number of ether oxygens (including phenoxy) is 1. The Hall–Kier alpha value is -0.790. The van der Waals surface area contributed by atoms with Gasteiger partial charge in [-0.05, 0) is 12.8 Å². The van der Waals surface area contributed by atoms with Crippen LogP contribution >= 0.6 is 0 Å². The van der Waals surface area contributed by atoms with Crippen molar-refractivity contribution >= 4 is 5.97 Å². The highest BCUT2D eigenvalue weighted by atomic mass is 16.5. The van der Waals surface area contributed by atoms with Gasteiger partial charge in [-0.1, -0.05) is 89.7 Å². The summed E-state index contributed by atoms with van der Waals surface area (Å²) in [6, 6.07) is 0. The van der Waals surface area contributed by atoms with Crippen LogP contribution in [0.4, 0.5) is 0 Å². The summed E-state index contributed by atoms with van der Waals surface area (Å²) in [5, 5.41) is 0. The normalized spacial score (nSPS) is 11.1. The van der Waals surface area contributed by atoms with E-state index in [1.807, 2.05) is 6.08 Å². The molecule has 2 nitrogen and oxygen atoms in total. The van der Waals surface area contributed by atoms with E-state index in [9.17, 15) is 4.79 Å². The van der Waals surface area contributed by atoms with Crippen molar-refractivity contribution in [2.45, 2.75) is 96.8 Å². The van der Waals surface area contributed by atoms with Crippen molar-refractivity contribution in [2.75, 3.05) is 7.11 Å². The van der Waals surface area contributed by atoms with Gasteiger partial charge in [0.05, 0.1) is 13.5 Å². The minimum absolute atomic E-state index is 0.152. The van der Waals surface area contributed by atoms with Crippen LogP contribution in [0.15, 0.2) is 12.2 Å². The zero-order chi connectivity index (χ0) is 15.6. The van der Waals surface area contributed by atoms with Gasteiger partial charge in [-0.3, -0.25) is 4.79 Å². The van der Waals surface area contributed by atoms with Gasteiger partial charge < -0.3 is 4.74 Å². The van der Waals surface area contributed by atoms with Crippen molar-refractivity contribution in [1.29, 1.82) is 0 Å². The van der Waals surface area contributed by atoms with Crippen molar-refractivity contribution in [1.82, 2.24) is 0 Å². The highest BCUT2D eigenvalue weighted by Gasteiger charge is 1.94. The second-order valence-corrected chi connectivity index (χ2v) is 5.93. The topological polar surface area (TPSA) is 26.3 Å². The molecule has 0 aliphatic carbocycles. The lowest BCUT2D eigenvalue weighted by Crippen LogP contribution is -1.96. The fourth-order valence-electron chi connectivity index (χ4n) is 2.48. The van der Waals surface area contributed by atoms with Crippen LogP contribution in [0.5, 0.6) is 0 Å². The van der Waals surface area contributed by atoms with Crippen LogP contribution in [0.1, 0.15) is 96.8 Å². The van der Waals surface area contributed by atoms with E-state index in [2.05, 4.69) is 17.7 Å². The number of unbranched alkanes of at least 4 members (excludes halogenated alkanes) is 12. The van der Waals surface area contributed by atoms with E-state index in [1.54, 1.807) is 0 Å². The molecule has 0 fully saturated rings. The Balaban J connectivity index is 3.07. The summed E-state index contributed by atoms with van der Waals surface area (Å²) in [7, 11) is 1.43. The molecule has 0 aliphatic heterocycles. The Kier molecular flexibility index (Phi) is 16.6. The molecule has 0 aromatic carbocycles. The van der Waals surface area contributed by atoms with Gasteiger partial charge in [-0.15, -0.1) is 0 Å². The molecule has 0 rings (SSSR count). The van der Waals surface area contributed by atoms with E-state index in [1.165, 1.54) is 84.2 Å². The number of carbonyl (C=O) groups is 1. The quantitative estimate of drug-likeness (QED) is 0.204. The number of esters is 1. The molecule has 0 unspecified atom stereocenters. The highest BCUT2D eigenvalue weighted by molar-refractivity contribution is 5.70. The van der Waals surface area contributed by atoms with E-state index in [-0.39, 0.29) is 5.97 Å². The summed E-state index contributed by atoms with van der Waals surface area (Å²) in [4.78, 5) is 10.9. The molecule has 2 heteroatoms. The third-order valence-corrected chi connectivity index (χ3v) is 3.90. The maximum atomic E-state index is 10.9. The second kappa shape index (κ2) is 17.3. The molecule has 0 aromatic heterocycles. The zero-order valence-corrected chi connectivity index (χ0v) is 14.4. The third-order valence-electron chi connectivity index (χ3n) is 3.90. The Morgan fingerprint density at radius 2 is 1.24 bits per heavy atom. The van der Waals surface area contributed by atoms with Gasteiger partial charge in [0.15, 0.2) is 0 Å². The van der Waals surface area contributed by atoms with Crippen molar-refractivity contribution in [2.24, 2.45) is 0 Å². The van der Waals surface area contributed by atoms with Crippen LogP contribution in [-0.4, -0.2) is 13.1 Å². The molecule has 124 valence electrons. The van der Waals surface area contributed by atoms with Crippen LogP contribution in [0.2, 0.25) is 0 Å². The van der Waals surface area contributed by atoms with Gasteiger partial charge >= 0.3 is 5.97 Å². The number of rotatable bonds is 15. The minimum Gasteiger partial charge on any atom is -0.469 e. The monoisotopic (exact) mass is 296 g/mol. The lowest BCUT2D eigenvalue weighted by atomic mass is 10.0. The first-order valence-corrected chi connectivity index (χ1v) is 9.03. The Labute approximate surface area is 132 Å². The molecular formula is C19H36O2. The molecule has 0 saturated heterocycles. The average Bonchev–Trinajstić information content (AvgIpc) is 2.50. The molecule has 21 heavy (non-hydrogen) atoms. The van der Waals surface area contributed by atoms with Crippen LogP contribution in [0.25, 0.3) is 0 Å². The highest BCUT2D eigenvalue weighted by Crippen LogP contribution is 2.12. The van der Waals surface area contributed by atoms with Gasteiger partial charge in [0.2, 0.25) is 0 Å². The van der Waals surface area contributed by atoms with Crippen LogP contribution in [0.3, 0.4) is 0 Å². The SMILES string of the molecule is CCCCCCCCCCCCCC/C=C\CC(=O)OC. The van der Waals surface area contributed by atoms with E-state index in [4.69, 9.17) is 0 Å². The largest absolute Gasteiger partial charge is 0.469 e. The molecule has 0 aliphatic rings. The minimum atomic E-state index is -0.152. The molecule has 0 bridgehead atoms. The standard InChI is InChI=1S/C19H36O2/c1-3-4-5-6-7-8-9-10-11-12-13-14-15-16-17-18-19(20)21-2/h16-17H,3-15,18H2,1-2H3/b17-16-. The van der Waals surface area contributed by atoms with Crippen LogP contribution in [-0.2, 0) is 9.53 Å². The predicted octanol–water partition coefficient (Wildman–Crippen LogP) is 6.20. The first-order valence-electron chi connectivity index (χ1n) is 9.03. The zero-order valence-electron chi connectivity index (χ0n) is 14.4. The van der Waals surface area contributed by atoms with E-state index < -0.39 is 0 Å². The summed E-state index contributed by atoms with van der Waals surface area (Å²) in [5.41, 5.74) is 0. The summed E-state index contributed by atoms with van der Waals surface area (Å²) in [5.74, 6) is -0.152. The molecule has 0 spiro atoms. The van der Waals surface area contributed by atoms with E-state index in [0.717, 1.165) is 6.42 Å². The van der Waals surface area contributed by atoms with Gasteiger partial charge in [0, 0.05) is 0 Å². The van der Waals surface area contributed by atoms with Gasteiger partial charge in [0.25, 0.3) is 0 Å². The van der Waals surface area contributed by atoms with Gasteiger partial charge in [-0.25, -0.2) is 0 Å². The fourth-order valence-corrected chi connectivity index (χ4v) is 2.48. The summed E-state index contributed by atoms with van der Waals surface area (Å²) in [6.45, 7) is 2.27. The van der Waals surface area contributed by atoms with Crippen molar-refractivity contribution in [3.8, 4) is 0 Å². The first kappa shape index (κ1) is 20.2. The predicted molar refractivity (Wildman–Crippen MR) is 91.5 cm³/mol. The fraction of sp³-hybridized carbons (Fsp3) is 0.842. The summed E-state index contributed by atoms with van der Waals surface area (Å²) in [6.07, 6.45) is 22.2. The third kappa shape index (κ3) is 17.2. The molecule has 0 atom stereocenters. The van der Waals surface area contributed by atoms with E-state index in [0.29, 0.717) is 6.42 Å². The molecular weight excluding hydrogens is 260 g/mol. The van der Waals surface area contributed by atoms with E-state index >= 15 is 0 Å². The number of carbonyl (C=O) groups excluding carboxylic acids is 1. The molecule has 0 aromatic rings. The Morgan fingerprint density at radius 3 is 1.71 bits per heavy atom. The molecule has 0 amide bonds. The number of methoxy groups -OCH3 is 1. The summed E-state index contributed by atoms with van der Waals surface area (Å²) >= 11 is 0. The molecule has 0 saturated carbocycles. The molecule has 0 radical (unpaired) electrons. The average molecular weight is 296 g/mol. The molecule has 0 N–H and O–H groups in total. The smallest absolute Gasteiger partial charge is 0.309 e. The van der Waals surface area contributed by atoms with Crippen LogP contribution in [0, 0.1) is 0 Å². The number of hydrogen-bond donors (Lipinski definition) is 0. The lowest BCUT2D eigenvalue weighted by molar-refractivity contribution is -0.139. The van der Waals surface area contributed by atoms with Crippen LogP contribution < -0.4 is 0 Å². The molecule has 0 heterocycles. The summed E-state index contributed by atoms with van der Waals surface area (Å²) < 4.78 is 4.58. The maximum absolute atomic E-state index is 10.9. The Morgan fingerprint density at radius 1 is 0.762 bits per heavy atom. The lowest BCUT2D eigenvalue weighted by Gasteiger charge is -2.02. The second-order valence-electron chi connectivity index (χ2n) is 5.93. The first-order chi connectivity index (χ1) is 10.3. The van der Waals surface area contributed by atoms with Crippen molar-refractivity contribution < 1.29 is 9.53 Å². The van der Waals surface area contributed by atoms with Gasteiger partial charge in [0.1, 0.15) is 0 Å². The Bertz CT molecular complexity index is 246. The van der Waals surface area contributed by atoms with Crippen molar-refractivity contribution in [3.63, 3.8) is 0 Å². The maximum Gasteiger partial charge on any atom is 0.309 e.